The lowest BCUT2D eigenvalue weighted by Crippen LogP contribution is -2.40. The molecule has 2 fully saturated rings. The number of pyridine rings is 1. The van der Waals surface area contributed by atoms with Gasteiger partial charge in [-0.3, -0.25) is 19.9 Å². The van der Waals surface area contributed by atoms with E-state index in [0.717, 1.165) is 11.8 Å². The van der Waals surface area contributed by atoms with Crippen molar-refractivity contribution < 1.29 is 27.2 Å². The SMILES string of the molecule is O=C1NC(=O)C(=Cc2cc3cncc(-c4cc(Cl)c(S(=O)(=O)N5CCOCC5)c(Cl)c4)c3o2)S1. The molecule has 13 heteroatoms. The van der Waals surface area contributed by atoms with Gasteiger partial charge in [-0.05, 0) is 35.5 Å². The number of amides is 2. The third kappa shape index (κ3) is 4.23. The fraction of sp³-hybridized carbons (Fsp3) is 0.190. The van der Waals surface area contributed by atoms with Gasteiger partial charge in [0.05, 0.1) is 28.2 Å². The highest BCUT2D eigenvalue weighted by atomic mass is 35.5. The van der Waals surface area contributed by atoms with E-state index in [2.05, 4.69) is 10.3 Å². The van der Waals surface area contributed by atoms with Gasteiger partial charge in [0.15, 0.2) is 0 Å². The minimum absolute atomic E-state index is 0.0302. The van der Waals surface area contributed by atoms with Crippen LogP contribution in [0, 0.1) is 0 Å². The van der Waals surface area contributed by atoms with Crippen LogP contribution in [0.2, 0.25) is 10.0 Å². The summed E-state index contributed by atoms with van der Waals surface area (Å²) in [5.74, 6) is -0.148. The number of benzene rings is 1. The van der Waals surface area contributed by atoms with Crippen LogP contribution in [0.15, 0.2) is 44.8 Å². The van der Waals surface area contributed by atoms with E-state index in [1.807, 2.05) is 0 Å². The summed E-state index contributed by atoms with van der Waals surface area (Å²) in [5, 5.41) is 2.31. The molecule has 0 saturated carbocycles. The van der Waals surface area contributed by atoms with Crippen molar-refractivity contribution in [3.63, 3.8) is 0 Å². The number of sulfonamides is 1. The zero-order valence-corrected chi connectivity index (χ0v) is 20.4. The number of nitrogens with one attached hydrogen (secondary N) is 1. The van der Waals surface area contributed by atoms with Crippen molar-refractivity contribution in [2.45, 2.75) is 4.90 Å². The first-order chi connectivity index (χ1) is 16.2. The van der Waals surface area contributed by atoms with E-state index >= 15 is 0 Å². The van der Waals surface area contributed by atoms with Gasteiger partial charge in [0.2, 0.25) is 10.0 Å². The highest BCUT2D eigenvalue weighted by Gasteiger charge is 2.31. The molecule has 2 aromatic heterocycles. The normalized spacial score (nSPS) is 18.7. The topological polar surface area (TPSA) is 119 Å². The number of fused-ring (bicyclic) bond motifs is 1. The number of morpholine rings is 1. The number of halogens is 2. The van der Waals surface area contributed by atoms with Crippen LogP contribution in [-0.2, 0) is 19.6 Å². The largest absolute Gasteiger partial charge is 0.456 e. The van der Waals surface area contributed by atoms with Crippen LogP contribution >= 0.6 is 35.0 Å². The van der Waals surface area contributed by atoms with E-state index in [-0.39, 0.29) is 32.9 Å². The number of imide groups is 1. The van der Waals surface area contributed by atoms with Gasteiger partial charge >= 0.3 is 0 Å². The minimum atomic E-state index is -3.91. The minimum Gasteiger partial charge on any atom is -0.456 e. The number of nitrogens with zero attached hydrogens (tertiary/aromatic N) is 2. The van der Waals surface area contributed by atoms with Gasteiger partial charge in [-0.15, -0.1) is 0 Å². The van der Waals surface area contributed by atoms with Crippen LogP contribution < -0.4 is 5.32 Å². The number of aromatic nitrogens is 1. The predicted octanol–water partition coefficient (Wildman–Crippen LogP) is 4.15. The summed E-state index contributed by atoms with van der Waals surface area (Å²) < 4.78 is 38.7. The van der Waals surface area contributed by atoms with Crippen molar-refractivity contribution in [3.05, 3.63) is 51.3 Å². The summed E-state index contributed by atoms with van der Waals surface area (Å²) in [5.41, 5.74) is 1.47. The molecule has 2 saturated heterocycles. The molecule has 0 aliphatic carbocycles. The van der Waals surface area contributed by atoms with Crippen molar-refractivity contribution in [2.24, 2.45) is 0 Å². The van der Waals surface area contributed by atoms with Crippen LogP contribution in [0.5, 0.6) is 0 Å². The molecule has 1 N–H and O–H groups in total. The van der Waals surface area contributed by atoms with E-state index in [4.69, 9.17) is 32.4 Å². The molecule has 176 valence electrons. The molecule has 0 bridgehead atoms. The molecule has 2 amide bonds. The predicted molar refractivity (Wildman–Crippen MR) is 128 cm³/mol. The van der Waals surface area contributed by atoms with Crippen LogP contribution in [0.1, 0.15) is 5.76 Å². The summed E-state index contributed by atoms with van der Waals surface area (Å²) in [6.07, 6.45) is 4.59. The Morgan fingerprint density at radius 1 is 1.09 bits per heavy atom. The molecule has 2 aliphatic heterocycles. The Hall–Kier alpha value is -2.41. The van der Waals surface area contributed by atoms with Gasteiger partial charge in [-0.2, -0.15) is 4.31 Å². The molecule has 0 unspecified atom stereocenters. The van der Waals surface area contributed by atoms with Crippen molar-refractivity contribution in [2.75, 3.05) is 26.3 Å². The maximum absolute atomic E-state index is 13.1. The Balaban J connectivity index is 1.55. The summed E-state index contributed by atoms with van der Waals surface area (Å²) >= 11 is 13.6. The molecule has 3 aromatic rings. The van der Waals surface area contributed by atoms with Gasteiger partial charge in [0.25, 0.3) is 11.1 Å². The van der Waals surface area contributed by atoms with E-state index in [9.17, 15) is 18.0 Å². The number of ether oxygens (including phenoxy) is 1. The van der Waals surface area contributed by atoms with Gasteiger partial charge in [-0.1, -0.05) is 23.2 Å². The Labute approximate surface area is 208 Å². The fourth-order valence-corrected chi connectivity index (χ4v) is 6.92. The smallest absolute Gasteiger partial charge is 0.290 e. The lowest BCUT2D eigenvalue weighted by Gasteiger charge is -2.27. The lowest BCUT2D eigenvalue weighted by molar-refractivity contribution is -0.115. The first-order valence-electron chi connectivity index (χ1n) is 9.94. The molecule has 0 atom stereocenters. The summed E-state index contributed by atoms with van der Waals surface area (Å²) in [6, 6.07) is 4.67. The van der Waals surface area contributed by atoms with E-state index in [1.54, 1.807) is 18.5 Å². The van der Waals surface area contributed by atoms with Gasteiger partial charge in [-0.25, -0.2) is 8.42 Å². The summed E-state index contributed by atoms with van der Waals surface area (Å²) in [6.45, 7) is 1.02. The zero-order chi connectivity index (χ0) is 24.0. The molecule has 2 aliphatic rings. The number of hydrogen-bond acceptors (Lipinski definition) is 8. The molecule has 0 spiro atoms. The maximum Gasteiger partial charge on any atom is 0.290 e. The van der Waals surface area contributed by atoms with Gasteiger partial charge in [0.1, 0.15) is 16.2 Å². The van der Waals surface area contributed by atoms with Crippen LogP contribution in [-0.4, -0.2) is 55.2 Å². The second-order valence-electron chi connectivity index (χ2n) is 7.39. The van der Waals surface area contributed by atoms with Crippen molar-refractivity contribution >= 4 is 73.2 Å². The summed E-state index contributed by atoms with van der Waals surface area (Å²) in [7, 11) is -3.91. The van der Waals surface area contributed by atoms with Gasteiger partial charge < -0.3 is 9.15 Å². The molecule has 34 heavy (non-hydrogen) atoms. The number of hydrogen-bond donors (Lipinski definition) is 1. The number of thioether (sulfide) groups is 1. The first-order valence-corrected chi connectivity index (χ1v) is 12.9. The van der Waals surface area contributed by atoms with Crippen molar-refractivity contribution in [1.29, 1.82) is 0 Å². The van der Waals surface area contributed by atoms with E-state index in [1.165, 1.54) is 22.5 Å². The number of carbonyl (C=O) groups excluding carboxylic acids is 2. The third-order valence-corrected chi connectivity index (χ3v) is 8.87. The summed E-state index contributed by atoms with van der Waals surface area (Å²) in [4.78, 5) is 27.5. The molecule has 4 heterocycles. The number of rotatable bonds is 4. The molecular formula is C21H15Cl2N3O6S2. The fourth-order valence-electron chi connectivity index (χ4n) is 3.69. The third-order valence-electron chi connectivity index (χ3n) is 5.23. The molecule has 5 rings (SSSR count). The quantitative estimate of drug-likeness (QED) is 0.491. The second kappa shape index (κ2) is 8.99. The average Bonchev–Trinajstić information content (AvgIpc) is 3.35. The lowest BCUT2D eigenvalue weighted by atomic mass is 10.1. The number of furan rings is 1. The standard InChI is InChI=1S/C21H15Cl2N3O6S2/c22-15-6-11(7-16(23)19(15)34(29,30)26-1-3-31-4-2-26)14-10-24-9-12-5-13(32-18(12)14)8-17-20(27)25-21(28)33-17/h5-10H,1-4H2,(H,25,27,28). The van der Waals surface area contributed by atoms with Crippen LogP contribution in [0.4, 0.5) is 4.79 Å². The Morgan fingerprint density at radius 2 is 1.79 bits per heavy atom. The highest BCUT2D eigenvalue weighted by molar-refractivity contribution is 8.18. The van der Waals surface area contributed by atoms with Gasteiger partial charge in [0, 0.05) is 42.5 Å². The molecule has 9 nitrogen and oxygen atoms in total. The molecule has 1 aromatic carbocycles. The highest BCUT2D eigenvalue weighted by Crippen LogP contribution is 2.39. The monoisotopic (exact) mass is 539 g/mol. The molecule has 0 radical (unpaired) electrons. The van der Waals surface area contributed by atoms with E-state index in [0.29, 0.717) is 41.1 Å². The Bertz CT molecular complexity index is 1460. The average molecular weight is 540 g/mol. The second-order valence-corrected chi connectivity index (χ2v) is 11.1. The van der Waals surface area contributed by atoms with E-state index < -0.39 is 21.2 Å². The Morgan fingerprint density at radius 3 is 2.44 bits per heavy atom. The Kier molecular flexibility index (Phi) is 6.17. The zero-order valence-electron chi connectivity index (χ0n) is 17.2. The maximum atomic E-state index is 13.1. The van der Waals surface area contributed by atoms with Crippen LogP contribution in [0.25, 0.3) is 28.2 Å². The van der Waals surface area contributed by atoms with Crippen molar-refractivity contribution in [3.8, 4) is 11.1 Å². The first kappa shape index (κ1) is 23.3. The number of carbonyl (C=O) groups is 2. The van der Waals surface area contributed by atoms with Crippen molar-refractivity contribution in [1.82, 2.24) is 14.6 Å². The van der Waals surface area contributed by atoms with Crippen LogP contribution in [0.3, 0.4) is 0 Å². The molecular weight excluding hydrogens is 525 g/mol.